The summed E-state index contributed by atoms with van der Waals surface area (Å²) in [6, 6.07) is 12.4. The van der Waals surface area contributed by atoms with Gasteiger partial charge in [-0.3, -0.25) is 9.59 Å². The number of hydrogen-bond donors (Lipinski definition) is 2. The van der Waals surface area contributed by atoms with E-state index in [1.165, 1.54) is 0 Å². The van der Waals surface area contributed by atoms with Gasteiger partial charge >= 0.3 is 11.8 Å². The molecule has 2 rings (SSSR count). The molecule has 0 unspecified atom stereocenters. The van der Waals surface area contributed by atoms with E-state index in [2.05, 4.69) is 10.6 Å². The van der Waals surface area contributed by atoms with Crippen molar-refractivity contribution < 1.29 is 9.59 Å². The Bertz CT molecular complexity index is 761. The summed E-state index contributed by atoms with van der Waals surface area (Å²) in [6.45, 7) is 0.299. The van der Waals surface area contributed by atoms with Gasteiger partial charge in [-0.2, -0.15) is 0 Å². The molecule has 7 heteroatoms. The lowest BCUT2D eigenvalue weighted by Gasteiger charge is -2.13. The van der Waals surface area contributed by atoms with Crippen LogP contribution < -0.4 is 15.5 Å². The zero-order valence-corrected chi connectivity index (χ0v) is 15.5. The average molecular weight is 380 g/mol. The van der Waals surface area contributed by atoms with Crippen molar-refractivity contribution >= 4 is 46.4 Å². The molecule has 2 amide bonds. The number of nitrogens with one attached hydrogen (secondary N) is 2. The standard InChI is InChI=1S/C18H19Cl2N3O2/c1-23(2)15-7-5-14(6-8-15)22-18(25)17(24)21-10-9-12-3-4-13(19)11-16(12)20/h3-8,11H,9-10H2,1-2H3,(H,21,24)(H,22,25). The molecule has 0 saturated carbocycles. The Kier molecular flexibility index (Phi) is 6.67. The second-order valence-corrected chi connectivity index (χ2v) is 6.48. The number of carbonyl (C=O) groups excluding carboxylic acids is 2. The summed E-state index contributed by atoms with van der Waals surface area (Å²) in [4.78, 5) is 25.7. The molecule has 0 bridgehead atoms. The largest absolute Gasteiger partial charge is 0.378 e. The minimum absolute atomic E-state index is 0.299. The van der Waals surface area contributed by atoms with Gasteiger partial charge < -0.3 is 15.5 Å². The Hall–Kier alpha value is -2.24. The molecular formula is C18H19Cl2N3O2. The van der Waals surface area contributed by atoms with Gasteiger partial charge in [-0.25, -0.2) is 0 Å². The van der Waals surface area contributed by atoms with Crippen LogP contribution in [0.3, 0.4) is 0 Å². The number of anilines is 2. The van der Waals surface area contributed by atoms with Crippen LogP contribution >= 0.6 is 23.2 Å². The third-order valence-electron chi connectivity index (χ3n) is 3.54. The molecule has 0 aliphatic carbocycles. The Morgan fingerprint density at radius 3 is 2.28 bits per heavy atom. The number of hydrogen-bond acceptors (Lipinski definition) is 3. The highest BCUT2D eigenvalue weighted by atomic mass is 35.5. The van der Waals surface area contributed by atoms with E-state index in [9.17, 15) is 9.59 Å². The van der Waals surface area contributed by atoms with Crippen LogP contribution in [0.15, 0.2) is 42.5 Å². The predicted octanol–water partition coefficient (Wildman–Crippen LogP) is 3.36. The van der Waals surface area contributed by atoms with E-state index in [1.54, 1.807) is 30.3 Å². The highest BCUT2D eigenvalue weighted by Gasteiger charge is 2.13. The van der Waals surface area contributed by atoms with Crippen LogP contribution in [0.2, 0.25) is 10.0 Å². The minimum Gasteiger partial charge on any atom is -0.378 e. The molecule has 5 nitrogen and oxygen atoms in total. The molecule has 2 aromatic carbocycles. The van der Waals surface area contributed by atoms with Crippen molar-refractivity contribution in [2.24, 2.45) is 0 Å². The Morgan fingerprint density at radius 2 is 1.68 bits per heavy atom. The van der Waals surface area contributed by atoms with Gasteiger partial charge in [0.1, 0.15) is 0 Å². The maximum Gasteiger partial charge on any atom is 0.313 e. The van der Waals surface area contributed by atoms with E-state index >= 15 is 0 Å². The maximum atomic E-state index is 11.9. The van der Waals surface area contributed by atoms with Crippen LogP contribution in [0.4, 0.5) is 11.4 Å². The first-order valence-electron chi connectivity index (χ1n) is 7.67. The average Bonchev–Trinajstić information content (AvgIpc) is 2.57. The summed E-state index contributed by atoms with van der Waals surface area (Å²) in [5.41, 5.74) is 2.42. The summed E-state index contributed by atoms with van der Waals surface area (Å²) >= 11 is 11.9. The molecule has 132 valence electrons. The first-order valence-corrected chi connectivity index (χ1v) is 8.43. The maximum absolute atomic E-state index is 11.9. The highest BCUT2D eigenvalue weighted by Crippen LogP contribution is 2.21. The number of amides is 2. The fourth-order valence-electron chi connectivity index (χ4n) is 2.15. The van der Waals surface area contributed by atoms with Gasteiger partial charge in [-0.15, -0.1) is 0 Å². The quantitative estimate of drug-likeness (QED) is 0.782. The number of carbonyl (C=O) groups is 2. The SMILES string of the molecule is CN(C)c1ccc(NC(=O)C(=O)NCCc2ccc(Cl)cc2Cl)cc1. The van der Waals surface area contributed by atoms with E-state index < -0.39 is 11.8 Å². The van der Waals surface area contributed by atoms with Gasteiger partial charge in [-0.1, -0.05) is 29.3 Å². The highest BCUT2D eigenvalue weighted by molar-refractivity contribution is 6.39. The molecule has 25 heavy (non-hydrogen) atoms. The lowest BCUT2D eigenvalue weighted by molar-refractivity contribution is -0.136. The summed E-state index contributed by atoms with van der Waals surface area (Å²) < 4.78 is 0. The third-order valence-corrected chi connectivity index (χ3v) is 4.13. The number of nitrogens with zero attached hydrogens (tertiary/aromatic N) is 1. The molecule has 0 spiro atoms. The van der Waals surface area contributed by atoms with Gasteiger partial charge in [0.2, 0.25) is 0 Å². The van der Waals surface area contributed by atoms with Gasteiger partial charge in [0.25, 0.3) is 0 Å². The molecule has 2 N–H and O–H groups in total. The molecule has 0 saturated heterocycles. The van der Waals surface area contributed by atoms with Gasteiger partial charge in [0.05, 0.1) is 0 Å². The Balaban J connectivity index is 1.82. The van der Waals surface area contributed by atoms with Crippen LogP contribution in [0.5, 0.6) is 0 Å². The molecule has 0 heterocycles. The first-order chi connectivity index (χ1) is 11.9. The van der Waals surface area contributed by atoms with E-state index in [0.29, 0.717) is 28.7 Å². The van der Waals surface area contributed by atoms with E-state index in [1.807, 2.05) is 31.1 Å². The summed E-state index contributed by atoms with van der Waals surface area (Å²) in [6.07, 6.45) is 0.507. The van der Waals surface area contributed by atoms with Gasteiger partial charge in [0, 0.05) is 42.1 Å². The van der Waals surface area contributed by atoms with Crippen LogP contribution in [0.1, 0.15) is 5.56 Å². The van der Waals surface area contributed by atoms with Crippen molar-refractivity contribution in [2.75, 3.05) is 30.9 Å². The fraction of sp³-hybridized carbons (Fsp3) is 0.222. The molecule has 2 aromatic rings. The fourth-order valence-corrected chi connectivity index (χ4v) is 2.65. The summed E-state index contributed by atoms with van der Waals surface area (Å²) in [5.74, 6) is -1.40. The van der Waals surface area contributed by atoms with E-state index in [4.69, 9.17) is 23.2 Å². The topological polar surface area (TPSA) is 61.4 Å². The Morgan fingerprint density at radius 1 is 1.00 bits per heavy atom. The van der Waals surface area contributed by atoms with Crippen LogP contribution in [-0.4, -0.2) is 32.5 Å². The van der Waals surface area contributed by atoms with Gasteiger partial charge in [0.15, 0.2) is 0 Å². The van der Waals surface area contributed by atoms with E-state index in [0.717, 1.165) is 11.3 Å². The van der Waals surface area contributed by atoms with Crippen LogP contribution in [0, 0.1) is 0 Å². The Labute approximate surface area is 156 Å². The van der Waals surface area contributed by atoms with Crippen molar-refractivity contribution in [2.45, 2.75) is 6.42 Å². The lowest BCUT2D eigenvalue weighted by Crippen LogP contribution is -2.36. The molecule has 0 atom stereocenters. The van der Waals surface area contributed by atoms with Crippen molar-refractivity contribution in [3.63, 3.8) is 0 Å². The summed E-state index contributed by atoms with van der Waals surface area (Å²) in [7, 11) is 3.85. The smallest absolute Gasteiger partial charge is 0.313 e. The molecule has 0 fully saturated rings. The van der Waals surface area contributed by atoms with Crippen molar-refractivity contribution in [3.05, 3.63) is 58.1 Å². The second-order valence-electron chi connectivity index (χ2n) is 5.64. The molecule has 0 aromatic heterocycles. The predicted molar refractivity (Wildman–Crippen MR) is 103 cm³/mol. The van der Waals surface area contributed by atoms with E-state index in [-0.39, 0.29) is 0 Å². The van der Waals surface area contributed by atoms with Crippen LogP contribution in [-0.2, 0) is 16.0 Å². The van der Waals surface area contributed by atoms with Gasteiger partial charge in [-0.05, 0) is 48.4 Å². The molecular weight excluding hydrogens is 361 g/mol. The number of halogens is 2. The molecule has 0 aliphatic rings. The number of benzene rings is 2. The minimum atomic E-state index is -0.709. The molecule has 0 radical (unpaired) electrons. The zero-order chi connectivity index (χ0) is 18.4. The lowest BCUT2D eigenvalue weighted by atomic mass is 10.1. The van der Waals surface area contributed by atoms with Crippen molar-refractivity contribution in [1.29, 1.82) is 0 Å². The monoisotopic (exact) mass is 379 g/mol. The van der Waals surface area contributed by atoms with Crippen LogP contribution in [0.25, 0.3) is 0 Å². The second kappa shape index (κ2) is 8.74. The van der Waals surface area contributed by atoms with Crippen molar-refractivity contribution in [1.82, 2.24) is 5.32 Å². The third kappa shape index (κ3) is 5.66. The number of rotatable bonds is 5. The van der Waals surface area contributed by atoms with Crippen molar-refractivity contribution in [3.8, 4) is 0 Å². The molecule has 0 aliphatic heterocycles. The zero-order valence-electron chi connectivity index (χ0n) is 14.0. The normalized spacial score (nSPS) is 10.2. The summed E-state index contributed by atoms with van der Waals surface area (Å²) in [5, 5.41) is 6.22. The first kappa shape index (κ1) is 19.1.